The molecule has 3 nitrogen and oxygen atoms in total. The molecular formula is C14H22ClN3. The second-order valence-electron chi connectivity index (χ2n) is 3.20. The highest BCUT2D eigenvalue weighted by Crippen LogP contribution is 2.06. The van der Waals surface area contributed by atoms with Gasteiger partial charge in [-0.15, -0.1) is 0 Å². The predicted octanol–water partition coefficient (Wildman–Crippen LogP) is 4.34. The van der Waals surface area contributed by atoms with Crippen LogP contribution in [0.3, 0.4) is 0 Å². The minimum Gasteiger partial charge on any atom is -0.268 e. The third-order valence-electron chi connectivity index (χ3n) is 1.90. The van der Waals surface area contributed by atoms with Gasteiger partial charge in [-0.25, -0.2) is 4.98 Å². The van der Waals surface area contributed by atoms with Crippen LogP contribution in [0, 0.1) is 6.92 Å². The monoisotopic (exact) mass is 267 g/mol. The first-order valence-corrected chi connectivity index (χ1v) is 6.71. The Bertz CT molecular complexity index is 421. The van der Waals surface area contributed by atoms with Gasteiger partial charge in [0.2, 0.25) is 0 Å². The van der Waals surface area contributed by atoms with Gasteiger partial charge in [-0.05, 0) is 24.1 Å². The number of aryl methyl sites for hydroxylation is 1. The van der Waals surface area contributed by atoms with Gasteiger partial charge in [0.05, 0.1) is 12.7 Å². The van der Waals surface area contributed by atoms with E-state index in [1.807, 2.05) is 57.8 Å². The maximum Gasteiger partial charge on any atom is 0.129 e. The third kappa shape index (κ3) is 5.82. The Morgan fingerprint density at radius 1 is 1.11 bits per heavy atom. The van der Waals surface area contributed by atoms with Crippen LogP contribution in [0.25, 0.3) is 0 Å². The van der Waals surface area contributed by atoms with E-state index in [0.29, 0.717) is 5.15 Å². The van der Waals surface area contributed by atoms with Gasteiger partial charge in [-0.2, -0.15) is 5.10 Å². The summed E-state index contributed by atoms with van der Waals surface area (Å²) in [4.78, 5) is 4.01. The van der Waals surface area contributed by atoms with Gasteiger partial charge >= 0.3 is 0 Å². The molecule has 0 aliphatic rings. The molecule has 2 rings (SSSR count). The Balaban J connectivity index is 0.000000659. The van der Waals surface area contributed by atoms with E-state index in [1.54, 1.807) is 12.3 Å². The molecule has 0 radical (unpaired) electrons. The highest BCUT2D eigenvalue weighted by Gasteiger charge is 1.97. The minimum absolute atomic E-state index is 0.519. The highest BCUT2D eigenvalue weighted by atomic mass is 35.5. The predicted molar refractivity (Wildman–Crippen MR) is 78.0 cm³/mol. The summed E-state index contributed by atoms with van der Waals surface area (Å²) >= 11 is 5.69. The van der Waals surface area contributed by atoms with E-state index in [1.165, 1.54) is 0 Å². The molecule has 2 aromatic heterocycles. The molecule has 0 unspecified atom stereocenters. The lowest BCUT2D eigenvalue weighted by Crippen LogP contribution is -1.99. The Labute approximate surface area is 115 Å². The van der Waals surface area contributed by atoms with Gasteiger partial charge in [-0.3, -0.25) is 4.68 Å². The summed E-state index contributed by atoms with van der Waals surface area (Å²) in [5.41, 5.74) is 2.25. The third-order valence-corrected chi connectivity index (χ3v) is 2.12. The molecule has 0 bridgehead atoms. The normalized spacial score (nSPS) is 8.78. The van der Waals surface area contributed by atoms with Crippen molar-refractivity contribution in [3.63, 3.8) is 0 Å². The van der Waals surface area contributed by atoms with Gasteiger partial charge in [0.25, 0.3) is 0 Å². The number of rotatable bonds is 2. The van der Waals surface area contributed by atoms with Crippen molar-refractivity contribution in [2.75, 3.05) is 0 Å². The molecule has 2 aromatic rings. The molecule has 18 heavy (non-hydrogen) atoms. The van der Waals surface area contributed by atoms with Crippen LogP contribution in [0.15, 0.2) is 30.7 Å². The van der Waals surface area contributed by atoms with Crippen LogP contribution in [0.4, 0.5) is 0 Å². The van der Waals surface area contributed by atoms with Crippen molar-refractivity contribution < 1.29 is 0 Å². The van der Waals surface area contributed by atoms with Gasteiger partial charge < -0.3 is 0 Å². The van der Waals surface area contributed by atoms with Crippen LogP contribution in [0.2, 0.25) is 5.15 Å². The van der Waals surface area contributed by atoms with Crippen molar-refractivity contribution >= 4 is 11.6 Å². The number of halogens is 1. The van der Waals surface area contributed by atoms with Gasteiger partial charge in [-0.1, -0.05) is 45.4 Å². The molecule has 100 valence electrons. The number of pyridine rings is 1. The van der Waals surface area contributed by atoms with E-state index >= 15 is 0 Å². The molecule has 0 fully saturated rings. The molecular weight excluding hydrogens is 246 g/mol. The van der Waals surface area contributed by atoms with Crippen molar-refractivity contribution in [3.8, 4) is 0 Å². The van der Waals surface area contributed by atoms with Gasteiger partial charge in [0, 0.05) is 12.4 Å². The summed E-state index contributed by atoms with van der Waals surface area (Å²) in [5, 5.41) is 4.71. The maximum absolute atomic E-state index is 5.69. The van der Waals surface area contributed by atoms with Crippen LogP contribution in [-0.4, -0.2) is 14.8 Å². The lowest BCUT2D eigenvalue weighted by atomic mass is 10.3. The molecule has 0 spiro atoms. The van der Waals surface area contributed by atoms with E-state index < -0.39 is 0 Å². The fourth-order valence-corrected chi connectivity index (χ4v) is 1.35. The number of hydrogen-bond acceptors (Lipinski definition) is 2. The van der Waals surface area contributed by atoms with E-state index in [2.05, 4.69) is 10.1 Å². The zero-order valence-electron chi connectivity index (χ0n) is 11.8. The molecule has 0 saturated heterocycles. The Morgan fingerprint density at radius 2 is 1.78 bits per heavy atom. The molecule has 0 saturated carbocycles. The smallest absolute Gasteiger partial charge is 0.129 e. The number of hydrogen-bond donors (Lipinski definition) is 0. The summed E-state index contributed by atoms with van der Waals surface area (Å²) in [6, 6.07) is 3.74. The van der Waals surface area contributed by atoms with Crippen LogP contribution >= 0.6 is 11.6 Å². The molecule has 4 heteroatoms. The Kier molecular flexibility index (Phi) is 8.93. The minimum atomic E-state index is 0.519. The first-order chi connectivity index (χ1) is 8.74. The van der Waals surface area contributed by atoms with Crippen LogP contribution in [0.5, 0.6) is 0 Å². The van der Waals surface area contributed by atoms with Crippen LogP contribution in [-0.2, 0) is 6.54 Å². The summed E-state index contributed by atoms with van der Waals surface area (Å²) in [6.45, 7) is 10.8. The molecule has 0 atom stereocenters. The van der Waals surface area contributed by atoms with Crippen molar-refractivity contribution in [1.29, 1.82) is 0 Å². The Hall–Kier alpha value is -1.35. The number of aromatic nitrogens is 3. The van der Waals surface area contributed by atoms with Crippen molar-refractivity contribution in [2.24, 2.45) is 0 Å². The number of nitrogens with zero attached hydrogens (tertiary/aromatic N) is 3. The average molecular weight is 268 g/mol. The average Bonchev–Trinajstić information content (AvgIpc) is 2.83. The summed E-state index contributed by atoms with van der Waals surface area (Å²) in [6.07, 6.45) is 5.59. The lowest BCUT2D eigenvalue weighted by molar-refractivity contribution is 0.684. The summed E-state index contributed by atoms with van der Waals surface area (Å²) < 4.78 is 1.88. The zero-order valence-corrected chi connectivity index (χ0v) is 12.6. The van der Waals surface area contributed by atoms with Crippen LogP contribution < -0.4 is 0 Å². The molecule has 0 amide bonds. The van der Waals surface area contributed by atoms with Crippen LogP contribution in [0.1, 0.15) is 38.8 Å². The molecule has 2 heterocycles. The summed E-state index contributed by atoms with van der Waals surface area (Å²) in [5.74, 6) is 0. The summed E-state index contributed by atoms with van der Waals surface area (Å²) in [7, 11) is 0. The molecule has 0 aliphatic heterocycles. The molecule has 0 aromatic carbocycles. The second-order valence-corrected chi connectivity index (χ2v) is 3.59. The fraction of sp³-hybridized carbons (Fsp3) is 0.429. The Morgan fingerprint density at radius 3 is 2.22 bits per heavy atom. The highest BCUT2D eigenvalue weighted by molar-refractivity contribution is 6.29. The largest absolute Gasteiger partial charge is 0.268 e. The second kappa shape index (κ2) is 9.66. The first-order valence-electron chi connectivity index (χ1n) is 6.33. The lowest BCUT2D eigenvalue weighted by Gasteiger charge is -2.00. The van der Waals surface area contributed by atoms with Crippen molar-refractivity contribution in [1.82, 2.24) is 14.8 Å². The van der Waals surface area contributed by atoms with Gasteiger partial charge in [0.1, 0.15) is 5.15 Å². The maximum atomic E-state index is 5.69. The van der Waals surface area contributed by atoms with E-state index in [9.17, 15) is 0 Å². The van der Waals surface area contributed by atoms with E-state index in [-0.39, 0.29) is 0 Å². The molecule has 0 N–H and O–H groups in total. The van der Waals surface area contributed by atoms with Gasteiger partial charge in [0.15, 0.2) is 0 Å². The quantitative estimate of drug-likeness (QED) is 0.758. The SMILES string of the molecule is CC.CC.Cc1cnn(Cc2ccc(Cl)nc2)c1. The molecule has 0 aliphatic carbocycles. The fourth-order valence-electron chi connectivity index (χ4n) is 1.24. The van der Waals surface area contributed by atoms with Crippen molar-refractivity contribution in [3.05, 3.63) is 47.0 Å². The zero-order chi connectivity index (χ0) is 14.0. The topological polar surface area (TPSA) is 30.7 Å². The van der Waals surface area contributed by atoms with E-state index in [0.717, 1.165) is 17.7 Å². The standard InChI is InChI=1S/C10H10ClN3.2C2H6/c1-8-4-13-14(6-8)7-9-2-3-10(11)12-5-9;2*1-2/h2-6H,7H2,1H3;2*1-2H3. The van der Waals surface area contributed by atoms with Crippen molar-refractivity contribution in [2.45, 2.75) is 41.2 Å². The first kappa shape index (κ1) is 16.6. The van der Waals surface area contributed by atoms with E-state index in [4.69, 9.17) is 11.6 Å².